The first-order valence-electron chi connectivity index (χ1n) is 8.24. The molecule has 5 nitrogen and oxygen atoms in total. The Labute approximate surface area is 150 Å². The van der Waals surface area contributed by atoms with E-state index < -0.39 is 34.6 Å². The minimum absolute atomic E-state index is 0.264. The molecule has 25 heavy (non-hydrogen) atoms. The summed E-state index contributed by atoms with van der Waals surface area (Å²) < 4.78 is 5.04. The van der Waals surface area contributed by atoms with E-state index in [1.54, 1.807) is 55.4 Å². The number of Topliss-reactive ketones (excluding diaryl/α,β-unsaturated/α-hetero) is 2. The number of rotatable bonds is 8. The molecule has 5 heteroatoms. The molecule has 0 heterocycles. The van der Waals surface area contributed by atoms with Crippen LogP contribution in [0, 0.1) is 22.7 Å². The van der Waals surface area contributed by atoms with Crippen LogP contribution in [0.3, 0.4) is 0 Å². The van der Waals surface area contributed by atoms with Crippen molar-refractivity contribution in [1.29, 1.82) is 0 Å². The summed E-state index contributed by atoms with van der Waals surface area (Å²) in [6.07, 6.45) is 0. The smallest absolute Gasteiger partial charge is 0.319 e. The molecule has 2 atom stereocenters. The average Bonchev–Trinajstić information content (AvgIpc) is 2.50. The van der Waals surface area contributed by atoms with Crippen molar-refractivity contribution in [1.82, 2.24) is 0 Å². The van der Waals surface area contributed by atoms with Gasteiger partial charge in [0.05, 0.1) is 10.8 Å². The van der Waals surface area contributed by atoms with E-state index in [-0.39, 0.29) is 11.6 Å². The Morgan fingerprint density at radius 2 is 0.960 bits per heavy atom. The highest BCUT2D eigenvalue weighted by Crippen LogP contribution is 2.34. The van der Waals surface area contributed by atoms with Gasteiger partial charge in [0.15, 0.2) is 11.6 Å². The van der Waals surface area contributed by atoms with Gasteiger partial charge in [-0.05, 0) is 52.7 Å². The predicted octanol–water partition coefficient (Wildman–Crippen LogP) is 3.67. The lowest BCUT2D eigenvalue weighted by Crippen LogP contribution is -2.43. The summed E-state index contributed by atoms with van der Waals surface area (Å²) in [5, 5.41) is 0. The summed E-state index contributed by atoms with van der Waals surface area (Å²) >= 11 is 0. The Hall–Kier alpha value is -2.04. The number of allylic oxidation sites excluding steroid dienone is 2. The Morgan fingerprint density at radius 3 is 1.16 bits per heavy atom. The van der Waals surface area contributed by atoms with Crippen LogP contribution in [-0.2, 0) is 23.9 Å². The zero-order chi connectivity index (χ0) is 20.3. The first-order valence-corrected chi connectivity index (χ1v) is 8.24. The van der Waals surface area contributed by atoms with Crippen LogP contribution in [0.4, 0.5) is 0 Å². The lowest BCUT2D eigenvalue weighted by atomic mass is 9.75. The Kier molecular flexibility index (Phi) is 7.25. The maximum absolute atomic E-state index is 12.5. The van der Waals surface area contributed by atoms with E-state index in [4.69, 9.17) is 4.74 Å². The molecule has 0 bridgehead atoms. The van der Waals surface area contributed by atoms with Crippen LogP contribution in [0.15, 0.2) is 24.3 Å². The van der Waals surface area contributed by atoms with E-state index in [9.17, 15) is 19.2 Å². The maximum Gasteiger partial charge on any atom is 0.319 e. The van der Waals surface area contributed by atoms with Gasteiger partial charge < -0.3 is 4.74 Å². The van der Waals surface area contributed by atoms with E-state index in [1.807, 2.05) is 0 Å². The Bertz CT molecular complexity index is 568. The van der Waals surface area contributed by atoms with Gasteiger partial charge in [0.1, 0.15) is 0 Å². The lowest BCUT2D eigenvalue weighted by molar-refractivity contribution is -0.176. The molecule has 0 saturated heterocycles. The quantitative estimate of drug-likeness (QED) is 0.379. The molecule has 0 saturated carbocycles. The number of hydrogen-bond acceptors (Lipinski definition) is 5. The number of ketones is 2. The molecule has 0 aliphatic carbocycles. The summed E-state index contributed by atoms with van der Waals surface area (Å²) in [6.45, 7) is 19.7. The first kappa shape index (κ1) is 23.0. The highest BCUT2D eigenvalue weighted by atomic mass is 16.6. The van der Waals surface area contributed by atoms with Gasteiger partial charge in [0.25, 0.3) is 0 Å². The number of esters is 2. The van der Waals surface area contributed by atoms with Gasteiger partial charge in [0.2, 0.25) is 0 Å². The molecule has 0 radical (unpaired) electrons. The van der Waals surface area contributed by atoms with Crippen LogP contribution < -0.4 is 0 Å². The van der Waals surface area contributed by atoms with Crippen molar-refractivity contribution < 1.29 is 23.9 Å². The number of hydrogen-bond donors (Lipinski definition) is 0. The maximum atomic E-state index is 12.5. The second kappa shape index (κ2) is 7.89. The van der Waals surface area contributed by atoms with Crippen molar-refractivity contribution >= 4 is 23.5 Å². The third-order valence-corrected chi connectivity index (χ3v) is 5.03. The molecular formula is C20H30O5. The number of carbonyl (C=O) groups is 4. The molecular weight excluding hydrogens is 320 g/mol. The predicted molar refractivity (Wildman–Crippen MR) is 96.6 cm³/mol. The summed E-state index contributed by atoms with van der Waals surface area (Å²) in [6, 6.07) is 0. The monoisotopic (exact) mass is 350 g/mol. The molecule has 0 rings (SSSR count). The molecule has 0 aliphatic rings. The van der Waals surface area contributed by atoms with E-state index in [0.717, 1.165) is 0 Å². The molecule has 0 aromatic heterocycles. The second-order valence-corrected chi connectivity index (χ2v) is 7.85. The Morgan fingerprint density at radius 1 is 0.720 bits per heavy atom. The van der Waals surface area contributed by atoms with Crippen molar-refractivity contribution in [2.75, 3.05) is 0 Å². The lowest BCUT2D eigenvalue weighted by Gasteiger charge is -2.32. The zero-order valence-electron chi connectivity index (χ0n) is 16.6. The second-order valence-electron chi connectivity index (χ2n) is 7.85. The average molecular weight is 350 g/mol. The Balaban J connectivity index is 5.37. The van der Waals surface area contributed by atoms with Gasteiger partial charge in [-0.2, -0.15) is 0 Å². The van der Waals surface area contributed by atoms with E-state index in [1.165, 1.54) is 0 Å². The van der Waals surface area contributed by atoms with Gasteiger partial charge >= 0.3 is 11.9 Å². The fourth-order valence-electron chi connectivity index (χ4n) is 2.10. The van der Waals surface area contributed by atoms with Crippen molar-refractivity contribution in [3.8, 4) is 0 Å². The van der Waals surface area contributed by atoms with E-state index in [0.29, 0.717) is 11.1 Å². The molecule has 0 aliphatic heterocycles. The van der Waals surface area contributed by atoms with Crippen LogP contribution in [0.2, 0.25) is 0 Å². The first-order chi connectivity index (χ1) is 11.1. The van der Waals surface area contributed by atoms with Gasteiger partial charge in [-0.15, -0.1) is 0 Å². The molecule has 0 amide bonds. The summed E-state index contributed by atoms with van der Waals surface area (Å²) in [7, 11) is 0. The van der Waals surface area contributed by atoms with Crippen LogP contribution in [0.5, 0.6) is 0 Å². The fraction of sp³-hybridized carbons (Fsp3) is 0.600. The third kappa shape index (κ3) is 4.97. The highest BCUT2D eigenvalue weighted by molar-refractivity contribution is 6.02. The highest BCUT2D eigenvalue weighted by Gasteiger charge is 2.45. The van der Waals surface area contributed by atoms with Crippen molar-refractivity contribution in [2.45, 2.75) is 55.4 Å². The van der Waals surface area contributed by atoms with Crippen LogP contribution in [-0.4, -0.2) is 23.5 Å². The number of carbonyl (C=O) groups excluding carboxylic acids is 4. The molecule has 0 aromatic rings. The van der Waals surface area contributed by atoms with Crippen molar-refractivity contribution in [3.05, 3.63) is 24.3 Å². The standard InChI is InChI=1S/C20H30O5/c1-11(2)15(21)13(5)19(7,8)17(23)25-18(24)20(9,10)14(6)16(22)12(3)4/h13-14H,1,3H2,2,4-10H3. The van der Waals surface area contributed by atoms with Crippen molar-refractivity contribution in [3.63, 3.8) is 0 Å². The molecule has 0 N–H and O–H groups in total. The topological polar surface area (TPSA) is 77.5 Å². The van der Waals surface area contributed by atoms with Crippen LogP contribution >= 0.6 is 0 Å². The summed E-state index contributed by atoms with van der Waals surface area (Å²) in [5.41, 5.74) is -1.74. The molecule has 0 fully saturated rings. The van der Waals surface area contributed by atoms with Gasteiger partial charge in [-0.3, -0.25) is 19.2 Å². The fourth-order valence-corrected chi connectivity index (χ4v) is 2.10. The molecule has 0 spiro atoms. The van der Waals surface area contributed by atoms with Gasteiger partial charge in [-0.1, -0.05) is 27.0 Å². The minimum atomic E-state index is -1.20. The SMILES string of the molecule is C=C(C)C(=O)C(C)C(C)(C)C(=O)OC(=O)C(C)(C)C(C)C(=O)C(=C)C. The number of ether oxygens (including phenoxy) is 1. The minimum Gasteiger partial charge on any atom is -0.392 e. The summed E-state index contributed by atoms with van der Waals surface area (Å²) in [5.74, 6) is -3.52. The molecule has 0 aromatic carbocycles. The van der Waals surface area contributed by atoms with Crippen LogP contribution in [0.25, 0.3) is 0 Å². The molecule has 2 unspecified atom stereocenters. The summed E-state index contributed by atoms with van der Waals surface area (Å²) in [4.78, 5) is 49.2. The van der Waals surface area contributed by atoms with E-state index >= 15 is 0 Å². The normalized spacial score (nSPS) is 14.2. The van der Waals surface area contributed by atoms with E-state index in [2.05, 4.69) is 13.2 Å². The third-order valence-electron chi connectivity index (χ3n) is 5.03. The zero-order valence-corrected chi connectivity index (χ0v) is 16.6. The van der Waals surface area contributed by atoms with Gasteiger partial charge in [-0.25, -0.2) is 0 Å². The van der Waals surface area contributed by atoms with Crippen molar-refractivity contribution in [2.24, 2.45) is 22.7 Å². The molecule has 140 valence electrons. The van der Waals surface area contributed by atoms with Crippen LogP contribution in [0.1, 0.15) is 55.4 Å². The largest absolute Gasteiger partial charge is 0.392 e. The van der Waals surface area contributed by atoms with Gasteiger partial charge in [0, 0.05) is 11.8 Å².